The molecule has 2 rings (SSSR count). The lowest BCUT2D eigenvalue weighted by atomic mass is 9.82. The van der Waals surface area contributed by atoms with Crippen molar-refractivity contribution in [3.63, 3.8) is 0 Å². The Bertz CT molecular complexity index is 665. The smallest absolute Gasteiger partial charge is 0.341 e. The molecule has 27 heavy (non-hydrogen) atoms. The first-order chi connectivity index (χ1) is 12.6. The summed E-state index contributed by atoms with van der Waals surface area (Å²) in [5.74, 6) is 0.348. The number of Topliss-reactive ketones (excluding diaryl/α,β-unsaturated/α-hetero) is 1. The van der Waals surface area contributed by atoms with Gasteiger partial charge in [0, 0.05) is 25.9 Å². The highest BCUT2D eigenvalue weighted by Crippen LogP contribution is 2.30. The number of piperidine rings is 1. The van der Waals surface area contributed by atoms with Crippen molar-refractivity contribution in [2.75, 3.05) is 13.1 Å². The standard InChI is InChI=1S/C20H27F3N2O2/c1-13(16-6-8-25(9-7-16)19(27)14(2)24)10-18(26)12-15-4-3-5-17(11-15)20(21,22)23/h3-5,11,13-14,16H,6-10,12,24H2,1-2H3/t13?,14-/m0/s1. The van der Waals surface area contributed by atoms with Gasteiger partial charge < -0.3 is 10.6 Å². The number of halogens is 3. The maximum absolute atomic E-state index is 12.8. The highest BCUT2D eigenvalue weighted by Gasteiger charge is 2.31. The van der Waals surface area contributed by atoms with Crippen molar-refractivity contribution >= 4 is 11.7 Å². The van der Waals surface area contributed by atoms with Crippen molar-refractivity contribution in [1.82, 2.24) is 4.90 Å². The molecule has 2 atom stereocenters. The molecular weight excluding hydrogens is 357 g/mol. The van der Waals surface area contributed by atoms with E-state index in [1.54, 1.807) is 17.9 Å². The first kappa shape index (κ1) is 21.4. The van der Waals surface area contributed by atoms with E-state index in [0.29, 0.717) is 31.0 Å². The molecule has 0 saturated carbocycles. The Morgan fingerprint density at radius 1 is 1.22 bits per heavy atom. The summed E-state index contributed by atoms with van der Waals surface area (Å²) in [5, 5.41) is 0. The number of alkyl halides is 3. The molecule has 1 unspecified atom stereocenters. The summed E-state index contributed by atoms with van der Waals surface area (Å²) in [6.45, 7) is 4.94. The van der Waals surface area contributed by atoms with Crippen molar-refractivity contribution < 1.29 is 22.8 Å². The predicted octanol–water partition coefficient (Wildman–Crippen LogP) is 3.43. The zero-order valence-corrected chi connectivity index (χ0v) is 15.8. The number of hydrogen-bond donors (Lipinski definition) is 1. The average molecular weight is 384 g/mol. The molecule has 2 N–H and O–H groups in total. The van der Waals surface area contributed by atoms with Crippen LogP contribution in [0.2, 0.25) is 0 Å². The SMILES string of the molecule is CC(CC(=O)Cc1cccc(C(F)(F)F)c1)C1CCN(C(=O)[C@H](C)N)CC1. The van der Waals surface area contributed by atoms with Crippen molar-refractivity contribution in [2.24, 2.45) is 17.6 Å². The van der Waals surface area contributed by atoms with Gasteiger partial charge in [0.1, 0.15) is 5.78 Å². The maximum atomic E-state index is 12.8. The van der Waals surface area contributed by atoms with E-state index >= 15 is 0 Å². The van der Waals surface area contributed by atoms with E-state index in [4.69, 9.17) is 5.73 Å². The van der Waals surface area contributed by atoms with Crippen LogP contribution in [0.1, 0.15) is 44.2 Å². The Kier molecular flexibility index (Phi) is 7.03. The third-order valence-electron chi connectivity index (χ3n) is 5.25. The van der Waals surface area contributed by atoms with Gasteiger partial charge in [-0.3, -0.25) is 9.59 Å². The van der Waals surface area contributed by atoms with Crippen molar-refractivity contribution in [2.45, 2.75) is 51.7 Å². The molecule has 0 aliphatic carbocycles. The number of benzene rings is 1. The van der Waals surface area contributed by atoms with Gasteiger partial charge in [-0.2, -0.15) is 13.2 Å². The van der Waals surface area contributed by atoms with Gasteiger partial charge in [0.2, 0.25) is 5.91 Å². The van der Waals surface area contributed by atoms with Gasteiger partial charge in [0.25, 0.3) is 0 Å². The summed E-state index contributed by atoms with van der Waals surface area (Å²) in [4.78, 5) is 26.0. The van der Waals surface area contributed by atoms with E-state index in [2.05, 4.69) is 0 Å². The molecule has 1 aromatic rings. The first-order valence-electron chi connectivity index (χ1n) is 9.30. The van der Waals surface area contributed by atoms with E-state index in [0.717, 1.165) is 25.0 Å². The Hall–Kier alpha value is -1.89. The third kappa shape index (κ3) is 6.06. The second-order valence-electron chi connectivity index (χ2n) is 7.55. The fourth-order valence-corrected chi connectivity index (χ4v) is 3.66. The molecule has 0 spiro atoms. The molecular formula is C20H27F3N2O2. The van der Waals surface area contributed by atoms with Crippen LogP contribution in [0, 0.1) is 11.8 Å². The second kappa shape index (κ2) is 8.87. The van der Waals surface area contributed by atoms with Crippen molar-refractivity contribution in [3.05, 3.63) is 35.4 Å². The lowest BCUT2D eigenvalue weighted by Crippen LogP contribution is -2.46. The number of likely N-dealkylation sites (tertiary alicyclic amines) is 1. The minimum atomic E-state index is -4.40. The monoisotopic (exact) mass is 384 g/mol. The summed E-state index contributed by atoms with van der Waals surface area (Å²) >= 11 is 0. The van der Waals surface area contributed by atoms with Crippen LogP contribution in [0.5, 0.6) is 0 Å². The molecule has 1 aromatic carbocycles. The fraction of sp³-hybridized carbons (Fsp3) is 0.600. The van der Waals surface area contributed by atoms with Gasteiger partial charge in [0.15, 0.2) is 0 Å². The molecule has 150 valence electrons. The van der Waals surface area contributed by atoms with Crippen LogP contribution in [-0.4, -0.2) is 35.7 Å². The van der Waals surface area contributed by atoms with E-state index in [9.17, 15) is 22.8 Å². The number of amides is 1. The second-order valence-corrected chi connectivity index (χ2v) is 7.55. The molecule has 4 nitrogen and oxygen atoms in total. The topological polar surface area (TPSA) is 63.4 Å². The fourth-order valence-electron chi connectivity index (χ4n) is 3.66. The Morgan fingerprint density at radius 3 is 2.41 bits per heavy atom. The summed E-state index contributed by atoms with van der Waals surface area (Å²) < 4.78 is 38.3. The molecule has 1 amide bonds. The van der Waals surface area contributed by atoms with Crippen LogP contribution >= 0.6 is 0 Å². The zero-order valence-electron chi connectivity index (χ0n) is 15.8. The number of hydrogen-bond acceptors (Lipinski definition) is 3. The quantitative estimate of drug-likeness (QED) is 0.817. The molecule has 1 aliphatic heterocycles. The molecule has 1 heterocycles. The van der Waals surface area contributed by atoms with Crippen LogP contribution in [0.15, 0.2) is 24.3 Å². The van der Waals surface area contributed by atoms with Gasteiger partial charge in [-0.15, -0.1) is 0 Å². The summed E-state index contributed by atoms with van der Waals surface area (Å²) in [7, 11) is 0. The molecule has 0 bridgehead atoms. The zero-order chi connectivity index (χ0) is 20.2. The molecule has 1 aliphatic rings. The predicted molar refractivity (Wildman–Crippen MR) is 96.9 cm³/mol. The van der Waals surface area contributed by atoms with Gasteiger partial charge in [-0.05, 0) is 43.2 Å². The summed E-state index contributed by atoms with van der Waals surface area (Å²) in [6, 6.07) is 4.43. The van der Waals surface area contributed by atoms with Crippen LogP contribution in [-0.2, 0) is 22.2 Å². The number of carbonyl (C=O) groups is 2. The highest BCUT2D eigenvalue weighted by molar-refractivity contribution is 5.81. The molecule has 0 aromatic heterocycles. The largest absolute Gasteiger partial charge is 0.416 e. The maximum Gasteiger partial charge on any atom is 0.416 e. The van der Waals surface area contributed by atoms with Gasteiger partial charge >= 0.3 is 6.18 Å². The van der Waals surface area contributed by atoms with E-state index in [1.807, 2.05) is 6.92 Å². The van der Waals surface area contributed by atoms with Crippen LogP contribution in [0.25, 0.3) is 0 Å². The molecule has 1 fully saturated rings. The van der Waals surface area contributed by atoms with Gasteiger partial charge in [-0.1, -0.05) is 25.1 Å². The number of rotatable bonds is 6. The van der Waals surface area contributed by atoms with E-state index in [-0.39, 0.29) is 24.0 Å². The van der Waals surface area contributed by atoms with Crippen LogP contribution in [0.3, 0.4) is 0 Å². The Labute approximate surface area is 157 Å². The summed E-state index contributed by atoms with van der Waals surface area (Å²) in [5.41, 5.74) is 5.29. The van der Waals surface area contributed by atoms with Crippen LogP contribution in [0.4, 0.5) is 13.2 Å². The van der Waals surface area contributed by atoms with Crippen molar-refractivity contribution in [1.29, 1.82) is 0 Å². The lowest BCUT2D eigenvalue weighted by molar-refractivity contribution is -0.137. The Morgan fingerprint density at radius 2 is 1.85 bits per heavy atom. The van der Waals surface area contributed by atoms with Crippen LogP contribution < -0.4 is 5.73 Å². The minimum Gasteiger partial charge on any atom is -0.341 e. The molecule has 1 saturated heterocycles. The van der Waals surface area contributed by atoms with E-state index in [1.165, 1.54) is 6.07 Å². The summed E-state index contributed by atoms with van der Waals surface area (Å²) in [6.07, 6.45) is -2.43. The number of nitrogens with two attached hydrogens (primary N) is 1. The minimum absolute atomic E-state index is 0.0102. The number of nitrogens with zero attached hydrogens (tertiary/aromatic N) is 1. The third-order valence-corrected chi connectivity index (χ3v) is 5.25. The van der Waals surface area contributed by atoms with E-state index < -0.39 is 17.8 Å². The number of carbonyl (C=O) groups excluding carboxylic acids is 2. The highest BCUT2D eigenvalue weighted by atomic mass is 19.4. The normalized spacial score (nSPS) is 18.2. The first-order valence-corrected chi connectivity index (χ1v) is 9.30. The number of ketones is 1. The molecule has 0 radical (unpaired) electrons. The molecule has 7 heteroatoms. The lowest BCUT2D eigenvalue weighted by Gasteiger charge is -2.35. The Balaban J connectivity index is 1.85. The average Bonchev–Trinajstić information content (AvgIpc) is 2.60. The van der Waals surface area contributed by atoms with Crippen molar-refractivity contribution in [3.8, 4) is 0 Å². The van der Waals surface area contributed by atoms with Gasteiger partial charge in [0.05, 0.1) is 11.6 Å². The van der Waals surface area contributed by atoms with Gasteiger partial charge in [-0.25, -0.2) is 0 Å².